The molecule has 2 aromatic carbocycles. The lowest BCUT2D eigenvalue weighted by atomic mass is 10.1. The second kappa shape index (κ2) is 6.16. The Morgan fingerprint density at radius 2 is 1.90 bits per heavy atom. The number of nitrogens with one attached hydrogen (secondary N) is 1. The fourth-order valence-electron chi connectivity index (χ4n) is 1.69. The van der Waals surface area contributed by atoms with Crippen LogP contribution in [0.4, 0.5) is 11.4 Å². The maximum atomic E-state index is 11.8. The largest absolute Gasteiger partial charge is 0.326 e. The molecule has 6 heteroatoms. The fourth-order valence-corrected chi connectivity index (χ4v) is 1.88. The van der Waals surface area contributed by atoms with Crippen molar-refractivity contribution < 1.29 is 9.72 Å². The molecule has 0 aliphatic heterocycles. The number of nitrogens with zero attached hydrogens (tertiary/aromatic N) is 1. The van der Waals surface area contributed by atoms with Crippen LogP contribution in [0.25, 0.3) is 0 Å². The average Bonchev–Trinajstić information content (AvgIpc) is 2.39. The first-order valence-electron chi connectivity index (χ1n) is 5.83. The summed E-state index contributed by atoms with van der Waals surface area (Å²) in [4.78, 5) is 21.9. The molecule has 0 aliphatic carbocycles. The summed E-state index contributed by atoms with van der Waals surface area (Å²) in [6.07, 6.45) is 0.143. The van der Waals surface area contributed by atoms with Gasteiger partial charge in [-0.2, -0.15) is 0 Å². The van der Waals surface area contributed by atoms with Gasteiger partial charge in [0.05, 0.1) is 11.3 Å². The van der Waals surface area contributed by atoms with Crippen LogP contribution in [0.3, 0.4) is 0 Å². The van der Waals surface area contributed by atoms with E-state index < -0.39 is 4.92 Å². The molecule has 0 radical (unpaired) electrons. The van der Waals surface area contributed by atoms with Crippen molar-refractivity contribution in [2.24, 2.45) is 0 Å². The molecule has 102 valence electrons. The Labute approximate surface area is 120 Å². The van der Waals surface area contributed by atoms with Crippen LogP contribution < -0.4 is 5.32 Å². The number of hydrogen-bond acceptors (Lipinski definition) is 3. The van der Waals surface area contributed by atoms with Gasteiger partial charge in [-0.05, 0) is 23.8 Å². The van der Waals surface area contributed by atoms with Crippen molar-refractivity contribution in [2.75, 3.05) is 5.32 Å². The molecule has 20 heavy (non-hydrogen) atoms. The van der Waals surface area contributed by atoms with Crippen molar-refractivity contribution >= 4 is 28.9 Å². The lowest BCUT2D eigenvalue weighted by molar-refractivity contribution is -0.384. The lowest BCUT2D eigenvalue weighted by Crippen LogP contribution is -2.14. The highest BCUT2D eigenvalue weighted by Gasteiger charge is 2.07. The molecule has 5 nitrogen and oxygen atoms in total. The second-order valence-corrected chi connectivity index (χ2v) is 4.60. The summed E-state index contributed by atoms with van der Waals surface area (Å²) >= 11 is 5.82. The van der Waals surface area contributed by atoms with E-state index in [1.807, 2.05) is 0 Å². The summed E-state index contributed by atoms with van der Waals surface area (Å²) in [5, 5.41) is 13.8. The third-order valence-electron chi connectivity index (χ3n) is 2.62. The number of nitro benzene ring substituents is 1. The van der Waals surface area contributed by atoms with Crippen LogP contribution in [0.1, 0.15) is 5.56 Å². The summed E-state index contributed by atoms with van der Waals surface area (Å²) in [6, 6.07) is 12.7. The Hall–Kier alpha value is -2.40. The van der Waals surface area contributed by atoms with E-state index in [0.717, 1.165) is 0 Å². The van der Waals surface area contributed by atoms with Gasteiger partial charge in [0, 0.05) is 22.8 Å². The highest BCUT2D eigenvalue weighted by atomic mass is 35.5. The van der Waals surface area contributed by atoms with Crippen molar-refractivity contribution in [3.63, 3.8) is 0 Å². The van der Waals surface area contributed by atoms with E-state index in [2.05, 4.69) is 5.32 Å². The standard InChI is InChI=1S/C14H11ClN2O3/c15-11-2-1-3-12(9-11)16-14(18)8-10-4-6-13(7-5-10)17(19)20/h1-7,9H,8H2,(H,16,18). The molecule has 0 aliphatic rings. The summed E-state index contributed by atoms with van der Waals surface area (Å²) in [6.45, 7) is 0. The Kier molecular flexibility index (Phi) is 4.32. The Bertz CT molecular complexity index is 641. The summed E-state index contributed by atoms with van der Waals surface area (Å²) in [7, 11) is 0. The summed E-state index contributed by atoms with van der Waals surface area (Å²) in [5.74, 6) is -0.207. The highest BCUT2D eigenvalue weighted by molar-refractivity contribution is 6.30. The molecule has 0 unspecified atom stereocenters. The number of carbonyl (C=O) groups excluding carboxylic acids is 1. The van der Waals surface area contributed by atoms with E-state index in [4.69, 9.17) is 11.6 Å². The molecule has 0 saturated carbocycles. The van der Waals surface area contributed by atoms with Crippen LogP contribution in [-0.4, -0.2) is 10.8 Å². The molecule has 1 amide bonds. The Balaban J connectivity index is 1.99. The second-order valence-electron chi connectivity index (χ2n) is 4.16. The minimum absolute atomic E-state index is 0.00370. The highest BCUT2D eigenvalue weighted by Crippen LogP contribution is 2.16. The van der Waals surface area contributed by atoms with Gasteiger partial charge in [0.15, 0.2) is 0 Å². The molecule has 0 spiro atoms. The maximum absolute atomic E-state index is 11.8. The number of rotatable bonds is 4. The first kappa shape index (κ1) is 14.0. The topological polar surface area (TPSA) is 72.2 Å². The van der Waals surface area contributed by atoms with E-state index in [1.54, 1.807) is 36.4 Å². The number of amides is 1. The molecular formula is C14H11ClN2O3. The van der Waals surface area contributed by atoms with E-state index in [-0.39, 0.29) is 18.0 Å². The quantitative estimate of drug-likeness (QED) is 0.692. The van der Waals surface area contributed by atoms with E-state index in [9.17, 15) is 14.9 Å². The summed E-state index contributed by atoms with van der Waals surface area (Å²) in [5.41, 5.74) is 1.32. The lowest BCUT2D eigenvalue weighted by Gasteiger charge is -2.05. The minimum atomic E-state index is -0.476. The number of hydrogen-bond donors (Lipinski definition) is 1. The van der Waals surface area contributed by atoms with Crippen molar-refractivity contribution in [3.05, 3.63) is 69.2 Å². The van der Waals surface area contributed by atoms with Gasteiger partial charge in [0.1, 0.15) is 0 Å². The van der Waals surface area contributed by atoms with Gasteiger partial charge in [-0.25, -0.2) is 0 Å². The average molecular weight is 291 g/mol. The molecule has 1 N–H and O–H groups in total. The summed E-state index contributed by atoms with van der Waals surface area (Å²) < 4.78 is 0. The molecule has 0 atom stereocenters. The SMILES string of the molecule is O=C(Cc1ccc([N+](=O)[O-])cc1)Nc1cccc(Cl)c1. The van der Waals surface area contributed by atoms with E-state index in [0.29, 0.717) is 16.3 Å². The molecule has 0 saturated heterocycles. The molecule has 0 aromatic heterocycles. The van der Waals surface area contributed by atoms with Crippen LogP contribution in [0, 0.1) is 10.1 Å². The zero-order valence-electron chi connectivity index (χ0n) is 10.4. The number of non-ortho nitro benzene ring substituents is 1. The predicted octanol–water partition coefficient (Wildman–Crippen LogP) is 3.43. The zero-order chi connectivity index (χ0) is 14.5. The molecule has 2 aromatic rings. The molecule has 0 bridgehead atoms. The molecule has 0 fully saturated rings. The Morgan fingerprint density at radius 1 is 1.20 bits per heavy atom. The van der Waals surface area contributed by atoms with Gasteiger partial charge in [-0.3, -0.25) is 14.9 Å². The van der Waals surface area contributed by atoms with E-state index >= 15 is 0 Å². The van der Waals surface area contributed by atoms with Crippen LogP contribution >= 0.6 is 11.6 Å². The van der Waals surface area contributed by atoms with Crippen LogP contribution in [0.2, 0.25) is 5.02 Å². The van der Waals surface area contributed by atoms with Crippen LogP contribution in [-0.2, 0) is 11.2 Å². The molecule has 2 rings (SSSR count). The smallest absolute Gasteiger partial charge is 0.269 e. The molecular weight excluding hydrogens is 280 g/mol. The van der Waals surface area contributed by atoms with Crippen molar-refractivity contribution in [1.82, 2.24) is 0 Å². The maximum Gasteiger partial charge on any atom is 0.269 e. The number of nitro groups is 1. The zero-order valence-corrected chi connectivity index (χ0v) is 11.1. The number of anilines is 1. The fraction of sp³-hybridized carbons (Fsp3) is 0.0714. The number of halogens is 1. The van der Waals surface area contributed by atoms with Gasteiger partial charge in [0.25, 0.3) is 5.69 Å². The van der Waals surface area contributed by atoms with Crippen LogP contribution in [0.5, 0.6) is 0 Å². The Morgan fingerprint density at radius 3 is 2.50 bits per heavy atom. The molecule has 0 heterocycles. The van der Waals surface area contributed by atoms with Gasteiger partial charge < -0.3 is 5.32 Å². The van der Waals surface area contributed by atoms with E-state index in [1.165, 1.54) is 12.1 Å². The van der Waals surface area contributed by atoms with Crippen molar-refractivity contribution in [3.8, 4) is 0 Å². The predicted molar refractivity (Wildman–Crippen MR) is 76.9 cm³/mol. The minimum Gasteiger partial charge on any atom is -0.326 e. The van der Waals surface area contributed by atoms with Gasteiger partial charge in [-0.1, -0.05) is 29.8 Å². The first-order chi connectivity index (χ1) is 9.54. The van der Waals surface area contributed by atoms with Crippen molar-refractivity contribution in [2.45, 2.75) is 6.42 Å². The number of carbonyl (C=O) groups is 1. The van der Waals surface area contributed by atoms with Crippen molar-refractivity contribution in [1.29, 1.82) is 0 Å². The van der Waals surface area contributed by atoms with Crippen LogP contribution in [0.15, 0.2) is 48.5 Å². The van der Waals surface area contributed by atoms with Gasteiger partial charge in [0.2, 0.25) is 5.91 Å². The normalized spacial score (nSPS) is 10.1. The third-order valence-corrected chi connectivity index (χ3v) is 2.86. The van der Waals surface area contributed by atoms with Gasteiger partial charge in [-0.15, -0.1) is 0 Å². The third kappa shape index (κ3) is 3.80. The van der Waals surface area contributed by atoms with Gasteiger partial charge >= 0.3 is 0 Å². The first-order valence-corrected chi connectivity index (χ1v) is 6.21. The number of benzene rings is 2. The monoisotopic (exact) mass is 290 g/mol.